The Balaban J connectivity index is 2.30. The highest BCUT2D eigenvalue weighted by Crippen LogP contribution is 2.18. The molecule has 0 saturated carbocycles. The molecule has 1 heterocycles. The number of aromatic nitrogens is 2. The van der Waals surface area contributed by atoms with E-state index >= 15 is 0 Å². The fraction of sp³-hybridized carbons (Fsp3) is 0.214. The maximum Gasteiger partial charge on any atom is 0.144 e. The van der Waals surface area contributed by atoms with Crippen molar-refractivity contribution in [2.45, 2.75) is 19.8 Å². The van der Waals surface area contributed by atoms with Crippen molar-refractivity contribution in [3.63, 3.8) is 0 Å². The van der Waals surface area contributed by atoms with Gasteiger partial charge in [0.15, 0.2) is 0 Å². The van der Waals surface area contributed by atoms with Crippen molar-refractivity contribution in [3.05, 3.63) is 47.9 Å². The molecular weight excluding hydrogens is 210 g/mol. The Hall–Kier alpha value is -2.21. The smallest absolute Gasteiger partial charge is 0.144 e. The highest BCUT2D eigenvalue weighted by molar-refractivity contribution is 5.60. The van der Waals surface area contributed by atoms with Crippen LogP contribution in [0.3, 0.4) is 0 Å². The lowest BCUT2D eigenvalue weighted by Crippen LogP contribution is -1.89. The fourth-order valence-electron chi connectivity index (χ4n) is 1.71. The lowest BCUT2D eigenvalue weighted by molar-refractivity contribution is 0.922. The van der Waals surface area contributed by atoms with Crippen molar-refractivity contribution in [2.24, 2.45) is 0 Å². The van der Waals surface area contributed by atoms with Gasteiger partial charge in [0.05, 0.1) is 5.69 Å². The van der Waals surface area contributed by atoms with Crippen LogP contribution < -0.4 is 0 Å². The molecule has 0 radical (unpaired) electrons. The predicted molar refractivity (Wildman–Crippen MR) is 66.2 cm³/mol. The number of hydrogen-bond donors (Lipinski definition) is 0. The molecule has 1 aromatic heterocycles. The van der Waals surface area contributed by atoms with Crippen LogP contribution in [0.5, 0.6) is 0 Å². The van der Waals surface area contributed by atoms with Crippen LogP contribution in [0.15, 0.2) is 36.7 Å². The van der Waals surface area contributed by atoms with Gasteiger partial charge < -0.3 is 0 Å². The van der Waals surface area contributed by atoms with Crippen molar-refractivity contribution in [2.75, 3.05) is 0 Å². The summed E-state index contributed by atoms with van der Waals surface area (Å²) in [4.78, 5) is 8.03. The van der Waals surface area contributed by atoms with Gasteiger partial charge in [-0.05, 0) is 12.0 Å². The standard InChI is InChI=1S/C14H13N3/c1-2-3-11-4-6-12(7-5-11)14-8-13(9-15)16-10-17-14/h4-8,10H,2-3H2,1H3. The SMILES string of the molecule is CCCc1ccc(-c2cc(C#N)ncn2)cc1. The largest absolute Gasteiger partial charge is 0.236 e. The average molecular weight is 223 g/mol. The Labute approximate surface area is 101 Å². The van der Waals surface area contributed by atoms with E-state index in [0.717, 1.165) is 24.1 Å². The highest BCUT2D eigenvalue weighted by atomic mass is 14.8. The molecule has 2 aromatic rings. The van der Waals surface area contributed by atoms with E-state index in [0.29, 0.717) is 5.69 Å². The Bertz CT molecular complexity index is 538. The van der Waals surface area contributed by atoms with E-state index in [9.17, 15) is 0 Å². The van der Waals surface area contributed by atoms with Crippen molar-refractivity contribution >= 4 is 0 Å². The third-order valence-electron chi connectivity index (χ3n) is 2.57. The zero-order valence-corrected chi connectivity index (χ0v) is 9.72. The maximum absolute atomic E-state index is 8.78. The minimum atomic E-state index is 0.396. The van der Waals surface area contributed by atoms with Crippen molar-refractivity contribution in [3.8, 4) is 17.3 Å². The molecule has 0 aliphatic carbocycles. The fourth-order valence-corrected chi connectivity index (χ4v) is 1.71. The van der Waals surface area contributed by atoms with Crippen LogP contribution in [0.1, 0.15) is 24.6 Å². The van der Waals surface area contributed by atoms with E-state index < -0.39 is 0 Å². The van der Waals surface area contributed by atoms with E-state index in [1.54, 1.807) is 6.07 Å². The van der Waals surface area contributed by atoms with E-state index in [-0.39, 0.29) is 0 Å². The maximum atomic E-state index is 8.78. The number of benzene rings is 1. The Morgan fingerprint density at radius 3 is 2.59 bits per heavy atom. The van der Waals surface area contributed by atoms with Gasteiger partial charge in [0.1, 0.15) is 18.1 Å². The third-order valence-corrected chi connectivity index (χ3v) is 2.57. The van der Waals surface area contributed by atoms with Crippen molar-refractivity contribution in [1.82, 2.24) is 9.97 Å². The number of rotatable bonds is 3. The van der Waals surface area contributed by atoms with Gasteiger partial charge >= 0.3 is 0 Å². The molecule has 0 unspecified atom stereocenters. The molecular formula is C14H13N3. The zero-order valence-electron chi connectivity index (χ0n) is 9.72. The number of hydrogen-bond acceptors (Lipinski definition) is 3. The lowest BCUT2D eigenvalue weighted by atomic mass is 10.1. The summed E-state index contributed by atoms with van der Waals surface area (Å²) in [5, 5.41) is 8.78. The molecule has 3 heteroatoms. The molecule has 1 aromatic carbocycles. The van der Waals surface area contributed by atoms with Gasteiger partial charge in [0.2, 0.25) is 0 Å². The van der Waals surface area contributed by atoms with Crippen LogP contribution >= 0.6 is 0 Å². The first kappa shape index (κ1) is 11.3. The van der Waals surface area contributed by atoms with Crippen LogP contribution in [0.2, 0.25) is 0 Å². The summed E-state index contributed by atoms with van der Waals surface area (Å²) in [6.45, 7) is 2.16. The second kappa shape index (κ2) is 5.22. The van der Waals surface area contributed by atoms with Crippen LogP contribution in [0, 0.1) is 11.3 Å². The van der Waals surface area contributed by atoms with Gasteiger partial charge in [-0.1, -0.05) is 37.6 Å². The van der Waals surface area contributed by atoms with Crippen molar-refractivity contribution < 1.29 is 0 Å². The van der Waals surface area contributed by atoms with Crippen LogP contribution in [0.25, 0.3) is 11.3 Å². The molecule has 3 nitrogen and oxygen atoms in total. The summed E-state index contributed by atoms with van der Waals surface area (Å²) in [6.07, 6.45) is 3.66. The topological polar surface area (TPSA) is 49.6 Å². The van der Waals surface area contributed by atoms with E-state index in [1.807, 2.05) is 18.2 Å². The molecule has 0 bridgehead atoms. The Kier molecular flexibility index (Phi) is 3.46. The summed E-state index contributed by atoms with van der Waals surface area (Å²) in [7, 11) is 0. The first-order chi connectivity index (χ1) is 8.33. The number of nitriles is 1. The van der Waals surface area contributed by atoms with E-state index in [4.69, 9.17) is 5.26 Å². The summed E-state index contributed by atoms with van der Waals surface area (Å²) in [6, 6.07) is 12.0. The van der Waals surface area contributed by atoms with Crippen LogP contribution in [-0.2, 0) is 6.42 Å². The quantitative estimate of drug-likeness (QED) is 0.803. The monoisotopic (exact) mass is 223 g/mol. The Morgan fingerprint density at radius 2 is 1.94 bits per heavy atom. The molecule has 2 rings (SSSR count). The average Bonchev–Trinajstić information content (AvgIpc) is 2.40. The summed E-state index contributed by atoms with van der Waals surface area (Å²) >= 11 is 0. The van der Waals surface area contributed by atoms with Gasteiger partial charge in [-0.25, -0.2) is 9.97 Å². The van der Waals surface area contributed by atoms with E-state index in [1.165, 1.54) is 11.9 Å². The molecule has 0 atom stereocenters. The van der Waals surface area contributed by atoms with E-state index in [2.05, 4.69) is 29.0 Å². The molecule has 84 valence electrons. The van der Waals surface area contributed by atoms with Gasteiger partial charge in [-0.3, -0.25) is 0 Å². The number of aryl methyl sites for hydroxylation is 1. The molecule has 0 aliphatic rings. The first-order valence-corrected chi connectivity index (χ1v) is 5.65. The van der Waals surface area contributed by atoms with Crippen LogP contribution in [0.4, 0.5) is 0 Å². The first-order valence-electron chi connectivity index (χ1n) is 5.65. The highest BCUT2D eigenvalue weighted by Gasteiger charge is 2.01. The van der Waals surface area contributed by atoms with Gasteiger partial charge in [-0.15, -0.1) is 0 Å². The summed E-state index contributed by atoms with van der Waals surface area (Å²) in [5.74, 6) is 0. The van der Waals surface area contributed by atoms with Gasteiger partial charge in [-0.2, -0.15) is 5.26 Å². The molecule has 0 amide bonds. The van der Waals surface area contributed by atoms with Gasteiger partial charge in [0, 0.05) is 11.6 Å². The molecule has 0 N–H and O–H groups in total. The molecule has 0 fully saturated rings. The van der Waals surface area contributed by atoms with Crippen molar-refractivity contribution in [1.29, 1.82) is 5.26 Å². The number of nitrogens with zero attached hydrogens (tertiary/aromatic N) is 3. The minimum absolute atomic E-state index is 0.396. The third kappa shape index (κ3) is 2.67. The second-order valence-corrected chi connectivity index (χ2v) is 3.85. The molecule has 17 heavy (non-hydrogen) atoms. The summed E-state index contributed by atoms with van der Waals surface area (Å²) < 4.78 is 0. The zero-order chi connectivity index (χ0) is 12.1. The summed E-state index contributed by atoms with van der Waals surface area (Å²) in [5.41, 5.74) is 3.53. The Morgan fingerprint density at radius 1 is 1.18 bits per heavy atom. The normalized spacial score (nSPS) is 9.88. The van der Waals surface area contributed by atoms with Crippen LogP contribution in [-0.4, -0.2) is 9.97 Å². The minimum Gasteiger partial charge on any atom is -0.236 e. The lowest BCUT2D eigenvalue weighted by Gasteiger charge is -2.02. The molecule has 0 aliphatic heterocycles. The van der Waals surface area contributed by atoms with Gasteiger partial charge in [0.25, 0.3) is 0 Å². The molecule has 0 spiro atoms. The predicted octanol–water partition coefficient (Wildman–Crippen LogP) is 2.97. The molecule has 0 saturated heterocycles. The second-order valence-electron chi connectivity index (χ2n) is 3.85.